The van der Waals surface area contributed by atoms with Crippen molar-refractivity contribution < 1.29 is 13.9 Å². The van der Waals surface area contributed by atoms with Gasteiger partial charge in [-0.05, 0) is 29.8 Å². The van der Waals surface area contributed by atoms with E-state index in [1.807, 2.05) is 49.5 Å². The lowest BCUT2D eigenvalue weighted by molar-refractivity contribution is 0.0594. The first-order valence-corrected chi connectivity index (χ1v) is 8.19. The molecule has 130 valence electrons. The lowest BCUT2D eigenvalue weighted by atomic mass is 10.1. The summed E-state index contributed by atoms with van der Waals surface area (Å²) in [5.41, 5.74) is 4.21. The maximum atomic E-state index is 11.5. The molecule has 26 heavy (non-hydrogen) atoms. The van der Waals surface area contributed by atoms with Crippen molar-refractivity contribution in [3.63, 3.8) is 0 Å². The molecule has 0 aliphatic carbocycles. The van der Waals surface area contributed by atoms with Crippen LogP contribution in [0, 0.1) is 0 Å². The Balaban J connectivity index is 1.56. The second-order valence-corrected chi connectivity index (χ2v) is 5.98. The van der Waals surface area contributed by atoms with E-state index in [0.717, 1.165) is 34.4 Å². The molecule has 0 radical (unpaired) electrons. The summed E-state index contributed by atoms with van der Waals surface area (Å²) in [5, 5.41) is 0. The molecule has 0 atom stereocenters. The minimum atomic E-state index is -0.515. The highest BCUT2D eigenvalue weighted by Gasteiger charge is 2.14. The van der Waals surface area contributed by atoms with Crippen LogP contribution in [0.15, 0.2) is 59.2 Å². The van der Waals surface area contributed by atoms with Crippen LogP contribution in [0.4, 0.5) is 0 Å². The van der Waals surface area contributed by atoms with Crippen molar-refractivity contribution >= 4 is 17.0 Å². The minimum Gasteiger partial charge on any atom is -0.464 e. The van der Waals surface area contributed by atoms with Crippen LogP contribution in [0.1, 0.15) is 21.9 Å². The average molecular weight is 347 g/mol. The molecule has 0 amide bonds. The van der Waals surface area contributed by atoms with Gasteiger partial charge in [-0.2, -0.15) is 0 Å². The Bertz CT molecular complexity index is 1080. The van der Waals surface area contributed by atoms with Crippen LogP contribution in [0.5, 0.6) is 0 Å². The number of imidazole rings is 1. The zero-order chi connectivity index (χ0) is 18.1. The third kappa shape index (κ3) is 2.86. The molecular formula is C20H17N3O3. The number of benzene rings is 2. The van der Waals surface area contributed by atoms with Crippen LogP contribution in [0.25, 0.3) is 22.5 Å². The molecule has 2 heterocycles. The fraction of sp³-hybridized carbons (Fsp3) is 0.150. The van der Waals surface area contributed by atoms with Gasteiger partial charge in [0.25, 0.3) is 0 Å². The number of carbonyl (C=O) groups excluding carboxylic acids is 1. The predicted octanol–water partition coefficient (Wildman–Crippen LogP) is 3.61. The fourth-order valence-electron chi connectivity index (χ4n) is 2.91. The maximum absolute atomic E-state index is 11.5. The molecule has 0 unspecified atom stereocenters. The smallest absolute Gasteiger partial charge is 0.360 e. The molecule has 2 aromatic carbocycles. The molecule has 0 aliphatic heterocycles. The average Bonchev–Trinajstić information content (AvgIpc) is 3.28. The number of hydrogen-bond acceptors (Lipinski definition) is 5. The van der Waals surface area contributed by atoms with Crippen LogP contribution in [-0.4, -0.2) is 27.6 Å². The molecule has 0 bridgehead atoms. The molecule has 0 aliphatic rings. The number of nitrogens with zero attached hydrogens (tertiary/aromatic N) is 3. The van der Waals surface area contributed by atoms with Crippen molar-refractivity contribution in [2.45, 2.75) is 6.42 Å². The summed E-state index contributed by atoms with van der Waals surface area (Å²) < 4.78 is 12.1. The van der Waals surface area contributed by atoms with Gasteiger partial charge in [-0.25, -0.2) is 14.8 Å². The molecule has 0 N–H and O–H groups in total. The van der Waals surface area contributed by atoms with Crippen LogP contribution < -0.4 is 0 Å². The molecular weight excluding hydrogens is 330 g/mol. The molecule has 4 aromatic rings. The Hall–Kier alpha value is -3.41. The van der Waals surface area contributed by atoms with Gasteiger partial charge in [0.15, 0.2) is 5.69 Å². The fourth-order valence-corrected chi connectivity index (χ4v) is 2.91. The Labute approximate surface area is 150 Å². The molecule has 4 rings (SSSR count). The second-order valence-electron chi connectivity index (χ2n) is 5.98. The van der Waals surface area contributed by atoms with Crippen molar-refractivity contribution in [2.24, 2.45) is 7.05 Å². The van der Waals surface area contributed by atoms with E-state index in [-0.39, 0.29) is 5.69 Å². The van der Waals surface area contributed by atoms with Crippen molar-refractivity contribution in [3.8, 4) is 11.5 Å². The number of methoxy groups -OCH3 is 1. The molecule has 0 saturated heterocycles. The molecule has 2 aromatic heterocycles. The van der Waals surface area contributed by atoms with E-state index in [0.29, 0.717) is 5.89 Å². The lowest BCUT2D eigenvalue weighted by Crippen LogP contribution is -2.01. The zero-order valence-electron chi connectivity index (χ0n) is 14.5. The second kappa shape index (κ2) is 6.48. The number of esters is 1. The van der Waals surface area contributed by atoms with E-state index in [4.69, 9.17) is 9.40 Å². The normalized spacial score (nSPS) is 11.0. The van der Waals surface area contributed by atoms with E-state index < -0.39 is 5.97 Å². The van der Waals surface area contributed by atoms with Gasteiger partial charge in [0, 0.05) is 19.0 Å². The number of aromatic nitrogens is 3. The summed E-state index contributed by atoms with van der Waals surface area (Å²) in [6.07, 6.45) is 2.03. The van der Waals surface area contributed by atoms with Crippen molar-refractivity contribution in [1.82, 2.24) is 14.5 Å². The summed E-state index contributed by atoms with van der Waals surface area (Å²) in [7, 11) is 3.34. The van der Waals surface area contributed by atoms with E-state index in [1.165, 1.54) is 13.4 Å². The standard InChI is InChI=1S/C20H17N3O3/c1-23-17-6-4-3-5-15(17)21-18(23)11-13-7-9-14(10-8-13)19-22-16(12-26-19)20(24)25-2/h3-10,12H,11H2,1-2H3. The highest BCUT2D eigenvalue weighted by molar-refractivity contribution is 5.87. The van der Waals surface area contributed by atoms with Crippen LogP contribution >= 0.6 is 0 Å². The van der Waals surface area contributed by atoms with Crippen LogP contribution in [0.2, 0.25) is 0 Å². The summed E-state index contributed by atoms with van der Waals surface area (Å²) in [6.45, 7) is 0. The van der Waals surface area contributed by atoms with E-state index in [1.54, 1.807) is 0 Å². The Morgan fingerprint density at radius 3 is 2.62 bits per heavy atom. The third-order valence-corrected chi connectivity index (χ3v) is 4.34. The first-order chi connectivity index (χ1) is 12.7. The molecule has 6 heteroatoms. The number of rotatable bonds is 4. The van der Waals surface area contributed by atoms with Gasteiger partial charge < -0.3 is 13.7 Å². The Morgan fingerprint density at radius 2 is 1.88 bits per heavy atom. The molecule has 0 fully saturated rings. The number of oxazole rings is 1. The van der Waals surface area contributed by atoms with Gasteiger partial charge in [0.05, 0.1) is 18.1 Å². The zero-order valence-corrected chi connectivity index (χ0v) is 14.5. The van der Waals surface area contributed by atoms with Gasteiger partial charge in [0.2, 0.25) is 5.89 Å². The third-order valence-electron chi connectivity index (χ3n) is 4.34. The van der Waals surface area contributed by atoms with Crippen LogP contribution in [0.3, 0.4) is 0 Å². The SMILES string of the molecule is COC(=O)c1coc(-c2ccc(Cc3nc4ccccc4n3C)cc2)n1. The number of fused-ring (bicyclic) bond motifs is 1. The summed E-state index contributed by atoms with van der Waals surface area (Å²) in [6, 6.07) is 16.0. The molecule has 6 nitrogen and oxygen atoms in total. The quantitative estimate of drug-likeness (QED) is 0.528. The van der Waals surface area contributed by atoms with Crippen molar-refractivity contribution in [2.75, 3.05) is 7.11 Å². The highest BCUT2D eigenvalue weighted by Crippen LogP contribution is 2.21. The summed E-state index contributed by atoms with van der Waals surface area (Å²) >= 11 is 0. The van der Waals surface area contributed by atoms with Crippen molar-refractivity contribution in [3.05, 3.63) is 71.9 Å². The van der Waals surface area contributed by atoms with E-state index >= 15 is 0 Å². The van der Waals surface area contributed by atoms with E-state index in [9.17, 15) is 4.79 Å². The predicted molar refractivity (Wildman–Crippen MR) is 96.8 cm³/mol. The number of carbonyl (C=O) groups is 1. The van der Waals surface area contributed by atoms with Gasteiger partial charge in [-0.15, -0.1) is 0 Å². The van der Waals surface area contributed by atoms with Crippen LogP contribution in [-0.2, 0) is 18.2 Å². The first kappa shape index (κ1) is 16.1. The van der Waals surface area contributed by atoms with Gasteiger partial charge in [0.1, 0.15) is 12.1 Å². The number of hydrogen-bond donors (Lipinski definition) is 0. The first-order valence-electron chi connectivity index (χ1n) is 8.19. The Kier molecular flexibility index (Phi) is 4.01. The summed E-state index contributed by atoms with van der Waals surface area (Å²) in [4.78, 5) is 20.3. The number of ether oxygens (including phenoxy) is 1. The highest BCUT2D eigenvalue weighted by atomic mass is 16.5. The number of aryl methyl sites for hydroxylation is 1. The molecule has 0 saturated carbocycles. The van der Waals surface area contributed by atoms with Crippen molar-refractivity contribution in [1.29, 1.82) is 0 Å². The van der Waals surface area contributed by atoms with E-state index in [2.05, 4.69) is 20.4 Å². The lowest BCUT2D eigenvalue weighted by Gasteiger charge is -2.04. The van der Waals surface area contributed by atoms with Gasteiger partial charge in [-0.1, -0.05) is 24.3 Å². The topological polar surface area (TPSA) is 70.2 Å². The monoisotopic (exact) mass is 347 g/mol. The minimum absolute atomic E-state index is 0.159. The van der Waals surface area contributed by atoms with Gasteiger partial charge in [-0.3, -0.25) is 0 Å². The largest absolute Gasteiger partial charge is 0.464 e. The number of para-hydroxylation sites is 2. The molecule has 0 spiro atoms. The van der Waals surface area contributed by atoms with Gasteiger partial charge >= 0.3 is 5.97 Å². The summed E-state index contributed by atoms with van der Waals surface area (Å²) in [5.74, 6) is 0.876. The Morgan fingerprint density at radius 1 is 1.12 bits per heavy atom. The maximum Gasteiger partial charge on any atom is 0.360 e.